The Kier molecular flexibility index (Phi) is 8.03. The SMILES string of the molecule is CN1C(c2cc3c4cc(-c5ccc(N(c6ccccc6)c6ccccc6)cc5)ccc4oc3c3ccccc23)=NC(c2ccccc2)=NC1c1ccccc1. The Hall–Kier alpha value is -7.24. The van der Waals surface area contributed by atoms with Gasteiger partial charge in [0.1, 0.15) is 23.2 Å². The summed E-state index contributed by atoms with van der Waals surface area (Å²) in [5.74, 6) is 1.58. The number of furan rings is 1. The van der Waals surface area contributed by atoms with Gasteiger partial charge in [0.15, 0.2) is 5.84 Å². The maximum Gasteiger partial charge on any atom is 0.159 e. The molecule has 9 aromatic rings. The van der Waals surface area contributed by atoms with Gasteiger partial charge in [-0.05, 0) is 76.7 Å². The van der Waals surface area contributed by atoms with Gasteiger partial charge in [0.05, 0.1) is 0 Å². The van der Waals surface area contributed by atoms with Crippen molar-refractivity contribution in [3.05, 3.63) is 211 Å². The monoisotopic (exact) mass is 708 g/mol. The van der Waals surface area contributed by atoms with Crippen LogP contribution in [0.15, 0.2) is 209 Å². The first-order chi connectivity index (χ1) is 27.2. The van der Waals surface area contributed by atoms with Crippen LogP contribution in [0.3, 0.4) is 0 Å². The average Bonchev–Trinajstić information content (AvgIpc) is 3.63. The smallest absolute Gasteiger partial charge is 0.159 e. The first-order valence-electron chi connectivity index (χ1n) is 18.6. The highest BCUT2D eigenvalue weighted by Gasteiger charge is 2.29. The molecule has 0 saturated carbocycles. The second kappa shape index (κ2) is 13.6. The van der Waals surface area contributed by atoms with E-state index in [9.17, 15) is 0 Å². The van der Waals surface area contributed by atoms with E-state index in [-0.39, 0.29) is 6.17 Å². The van der Waals surface area contributed by atoms with Crippen molar-refractivity contribution in [3.8, 4) is 11.1 Å². The highest BCUT2D eigenvalue weighted by atomic mass is 16.3. The third kappa shape index (κ3) is 5.83. The summed E-state index contributed by atoms with van der Waals surface area (Å²) in [5.41, 5.74) is 10.4. The Morgan fingerprint density at radius 3 is 1.73 bits per heavy atom. The Morgan fingerprint density at radius 2 is 1.05 bits per heavy atom. The number of hydrogen-bond donors (Lipinski definition) is 0. The quantitative estimate of drug-likeness (QED) is 0.166. The van der Waals surface area contributed by atoms with Gasteiger partial charge in [-0.1, -0.05) is 140 Å². The van der Waals surface area contributed by atoms with Crippen LogP contribution in [0.25, 0.3) is 43.8 Å². The van der Waals surface area contributed by atoms with Gasteiger partial charge in [-0.15, -0.1) is 0 Å². The minimum absolute atomic E-state index is 0.242. The predicted octanol–water partition coefficient (Wildman–Crippen LogP) is 12.7. The molecule has 1 aliphatic heterocycles. The zero-order valence-electron chi connectivity index (χ0n) is 30.2. The number of hydrogen-bond acceptors (Lipinski definition) is 5. The van der Waals surface area contributed by atoms with Gasteiger partial charge in [-0.3, -0.25) is 0 Å². The Morgan fingerprint density at radius 1 is 0.491 bits per heavy atom. The molecular formula is C50H36N4O. The molecule has 1 unspecified atom stereocenters. The van der Waals surface area contributed by atoms with Crippen LogP contribution in [0.1, 0.15) is 22.9 Å². The summed E-state index contributed by atoms with van der Waals surface area (Å²) >= 11 is 0. The van der Waals surface area contributed by atoms with E-state index in [4.69, 9.17) is 14.4 Å². The third-order valence-corrected chi connectivity index (χ3v) is 10.5. The van der Waals surface area contributed by atoms with Crippen molar-refractivity contribution in [2.75, 3.05) is 11.9 Å². The number of nitrogens with zero attached hydrogens (tertiary/aromatic N) is 4. The molecule has 0 aliphatic carbocycles. The molecule has 8 aromatic carbocycles. The lowest BCUT2D eigenvalue weighted by Crippen LogP contribution is -2.35. The minimum atomic E-state index is -0.242. The second-order valence-corrected chi connectivity index (χ2v) is 13.9. The standard InChI is InChI=1S/C50H36N4O/c1-53-49(36-18-8-3-9-19-36)51-48(35-16-6-2-7-17-35)52-50(53)45-33-44-43-32-37(28-31-46(43)55-47(44)42-25-15-14-24-41(42)45)34-26-29-40(30-27-34)54(38-20-10-4-11-21-38)39-22-12-5-13-23-39/h2-33,49H,1H3. The molecule has 10 rings (SSSR count). The fourth-order valence-electron chi connectivity index (χ4n) is 7.79. The predicted molar refractivity (Wildman–Crippen MR) is 228 cm³/mol. The molecule has 5 heteroatoms. The van der Waals surface area contributed by atoms with Gasteiger partial charge in [0.25, 0.3) is 0 Å². The number of amidine groups is 2. The van der Waals surface area contributed by atoms with Crippen molar-refractivity contribution in [2.24, 2.45) is 9.98 Å². The van der Waals surface area contributed by atoms with E-state index >= 15 is 0 Å². The van der Waals surface area contributed by atoms with E-state index in [2.05, 4.69) is 187 Å². The van der Waals surface area contributed by atoms with Gasteiger partial charge in [-0.25, -0.2) is 9.98 Å². The van der Waals surface area contributed by atoms with E-state index in [0.29, 0.717) is 5.84 Å². The van der Waals surface area contributed by atoms with Crippen molar-refractivity contribution in [1.29, 1.82) is 0 Å². The lowest BCUT2D eigenvalue weighted by molar-refractivity contribution is 0.383. The van der Waals surface area contributed by atoms with Crippen LogP contribution in [0.4, 0.5) is 17.1 Å². The topological polar surface area (TPSA) is 44.3 Å². The highest BCUT2D eigenvalue weighted by Crippen LogP contribution is 2.41. The molecule has 1 aliphatic rings. The Labute approximate surface area is 319 Å². The number of para-hydroxylation sites is 2. The van der Waals surface area contributed by atoms with Gasteiger partial charge in [-0.2, -0.15) is 0 Å². The summed E-state index contributed by atoms with van der Waals surface area (Å²) in [6, 6.07) is 67.8. The molecule has 0 radical (unpaired) electrons. The fourth-order valence-corrected chi connectivity index (χ4v) is 7.79. The first kappa shape index (κ1) is 32.4. The van der Waals surface area contributed by atoms with E-state index in [0.717, 1.165) is 83.4 Å². The summed E-state index contributed by atoms with van der Waals surface area (Å²) in [5, 5.41) is 4.25. The number of aliphatic imine (C=N–C) groups is 2. The van der Waals surface area contributed by atoms with Crippen LogP contribution < -0.4 is 4.90 Å². The van der Waals surface area contributed by atoms with Gasteiger partial charge in [0.2, 0.25) is 0 Å². The van der Waals surface area contributed by atoms with E-state index < -0.39 is 0 Å². The Balaban J connectivity index is 1.10. The molecule has 0 amide bonds. The van der Waals surface area contributed by atoms with E-state index in [1.165, 1.54) is 0 Å². The lowest BCUT2D eigenvalue weighted by atomic mass is 9.97. The number of rotatable bonds is 7. The number of anilines is 3. The van der Waals surface area contributed by atoms with Gasteiger partial charge >= 0.3 is 0 Å². The maximum atomic E-state index is 6.67. The molecule has 0 saturated heterocycles. The van der Waals surface area contributed by atoms with Crippen molar-refractivity contribution < 1.29 is 4.42 Å². The summed E-state index contributed by atoms with van der Waals surface area (Å²) in [6.45, 7) is 0. The summed E-state index contributed by atoms with van der Waals surface area (Å²) < 4.78 is 6.67. The molecular weight excluding hydrogens is 673 g/mol. The summed E-state index contributed by atoms with van der Waals surface area (Å²) in [6.07, 6.45) is -0.242. The molecule has 1 aromatic heterocycles. The van der Waals surface area contributed by atoms with Crippen LogP contribution >= 0.6 is 0 Å². The number of fused-ring (bicyclic) bond motifs is 5. The van der Waals surface area contributed by atoms with E-state index in [1.807, 2.05) is 24.3 Å². The molecule has 0 spiro atoms. The molecule has 0 bridgehead atoms. The number of benzene rings is 8. The van der Waals surface area contributed by atoms with Crippen LogP contribution in [0.2, 0.25) is 0 Å². The molecule has 0 N–H and O–H groups in total. The normalized spacial score (nSPS) is 14.3. The molecule has 262 valence electrons. The van der Waals surface area contributed by atoms with Crippen molar-refractivity contribution in [2.45, 2.75) is 6.17 Å². The Bertz CT molecular complexity index is 2830. The maximum absolute atomic E-state index is 6.67. The summed E-state index contributed by atoms with van der Waals surface area (Å²) in [7, 11) is 2.09. The molecule has 0 fully saturated rings. The first-order valence-corrected chi connectivity index (χ1v) is 18.6. The van der Waals surface area contributed by atoms with Crippen LogP contribution in [0.5, 0.6) is 0 Å². The minimum Gasteiger partial charge on any atom is -0.455 e. The average molecular weight is 709 g/mol. The van der Waals surface area contributed by atoms with Crippen LogP contribution in [0, 0.1) is 0 Å². The fraction of sp³-hybridized carbons (Fsp3) is 0.0400. The van der Waals surface area contributed by atoms with E-state index in [1.54, 1.807) is 0 Å². The van der Waals surface area contributed by atoms with Crippen LogP contribution in [-0.4, -0.2) is 23.6 Å². The zero-order valence-corrected chi connectivity index (χ0v) is 30.2. The highest BCUT2D eigenvalue weighted by molar-refractivity contribution is 6.24. The second-order valence-electron chi connectivity index (χ2n) is 13.9. The van der Waals surface area contributed by atoms with Crippen molar-refractivity contribution in [3.63, 3.8) is 0 Å². The van der Waals surface area contributed by atoms with Crippen LogP contribution in [-0.2, 0) is 0 Å². The van der Waals surface area contributed by atoms with Crippen molar-refractivity contribution in [1.82, 2.24) is 4.90 Å². The molecule has 55 heavy (non-hydrogen) atoms. The van der Waals surface area contributed by atoms with Gasteiger partial charge < -0.3 is 14.2 Å². The van der Waals surface area contributed by atoms with Crippen molar-refractivity contribution >= 4 is 61.4 Å². The molecule has 1 atom stereocenters. The zero-order chi connectivity index (χ0) is 36.7. The largest absolute Gasteiger partial charge is 0.455 e. The molecule has 5 nitrogen and oxygen atoms in total. The lowest BCUT2D eigenvalue weighted by Gasteiger charge is -2.33. The molecule has 2 heterocycles. The third-order valence-electron chi connectivity index (χ3n) is 10.5. The summed E-state index contributed by atoms with van der Waals surface area (Å²) in [4.78, 5) is 15.0. The van der Waals surface area contributed by atoms with Gasteiger partial charge in [0, 0.05) is 51.4 Å².